The average Bonchev–Trinajstić information content (AvgIpc) is 2.30. The number of aryl methyl sites for hydroxylation is 1. The molecule has 3 N–H and O–H groups in total. The lowest BCUT2D eigenvalue weighted by molar-refractivity contribution is 0.0659. The number of hydrogen-bond acceptors (Lipinski definition) is 4. The van der Waals surface area contributed by atoms with Crippen molar-refractivity contribution in [1.29, 1.82) is 0 Å². The van der Waals surface area contributed by atoms with Crippen LogP contribution in [0.1, 0.15) is 35.1 Å². The quantitative estimate of drug-likeness (QED) is 0.681. The molecular formula is C7H10N2O3. The van der Waals surface area contributed by atoms with E-state index in [0.29, 0.717) is 5.69 Å². The molecule has 66 valence electrons. The number of nitrogens with zero attached hydrogens (tertiary/aromatic N) is 1. The van der Waals surface area contributed by atoms with Crippen molar-refractivity contribution in [1.82, 2.24) is 4.98 Å². The zero-order chi connectivity index (χ0) is 9.30. The Morgan fingerprint density at radius 1 is 1.75 bits per heavy atom. The van der Waals surface area contributed by atoms with E-state index in [1.807, 2.05) is 0 Å². The molecule has 0 amide bonds. The summed E-state index contributed by atoms with van der Waals surface area (Å²) in [5.74, 6) is -1.00. The summed E-state index contributed by atoms with van der Waals surface area (Å²) in [6.07, 6.45) is 0. The number of aromatic nitrogens is 1. The van der Waals surface area contributed by atoms with Gasteiger partial charge in [-0.3, -0.25) is 0 Å². The van der Waals surface area contributed by atoms with Gasteiger partial charge in [0.05, 0.1) is 11.7 Å². The summed E-state index contributed by atoms with van der Waals surface area (Å²) >= 11 is 0. The number of nitrogens with two attached hydrogens (primary N) is 1. The zero-order valence-corrected chi connectivity index (χ0v) is 6.87. The highest BCUT2D eigenvalue weighted by molar-refractivity contribution is 5.85. The minimum atomic E-state index is -1.12. The normalized spacial score (nSPS) is 12.9. The fraction of sp³-hybridized carbons (Fsp3) is 0.429. The van der Waals surface area contributed by atoms with Crippen molar-refractivity contribution in [3.63, 3.8) is 0 Å². The number of carbonyl (C=O) groups is 1. The predicted molar refractivity (Wildman–Crippen MR) is 40.8 cm³/mol. The number of carboxylic acids is 1. The second-order valence-corrected chi connectivity index (χ2v) is 2.56. The van der Waals surface area contributed by atoms with Gasteiger partial charge in [-0.15, -0.1) is 0 Å². The van der Waals surface area contributed by atoms with Gasteiger partial charge in [-0.25, -0.2) is 9.78 Å². The number of aromatic carboxylic acids is 1. The van der Waals surface area contributed by atoms with Crippen molar-refractivity contribution in [3.05, 3.63) is 17.3 Å². The van der Waals surface area contributed by atoms with Crippen molar-refractivity contribution in [2.24, 2.45) is 5.73 Å². The highest BCUT2D eigenvalue weighted by Gasteiger charge is 2.17. The molecule has 1 aromatic heterocycles. The number of carboxylic acid groups (broad SMARTS) is 1. The molecule has 1 rings (SSSR count). The first kappa shape index (κ1) is 8.73. The standard InChI is InChI=1S/C7H10N2O3/c1-3(8)6-9-4(2)5(12-6)7(10)11/h3H,8H2,1-2H3,(H,10,11)/t3-/m0/s1. The van der Waals surface area contributed by atoms with Crippen molar-refractivity contribution < 1.29 is 14.3 Å². The van der Waals surface area contributed by atoms with Crippen molar-refractivity contribution >= 4 is 5.97 Å². The molecule has 0 fully saturated rings. The van der Waals surface area contributed by atoms with Gasteiger partial charge in [-0.1, -0.05) is 0 Å². The molecule has 5 nitrogen and oxygen atoms in total. The Hall–Kier alpha value is -1.36. The summed E-state index contributed by atoms with van der Waals surface area (Å²) in [5, 5.41) is 8.59. The Kier molecular flexibility index (Phi) is 2.14. The van der Waals surface area contributed by atoms with Gasteiger partial charge in [0.25, 0.3) is 0 Å². The van der Waals surface area contributed by atoms with Crippen LogP contribution in [0, 0.1) is 6.92 Å². The summed E-state index contributed by atoms with van der Waals surface area (Å²) in [4.78, 5) is 14.3. The Labute approximate surface area is 69.2 Å². The molecule has 1 atom stereocenters. The molecule has 12 heavy (non-hydrogen) atoms. The first-order valence-electron chi connectivity index (χ1n) is 3.48. The van der Waals surface area contributed by atoms with Crippen LogP contribution in [0.3, 0.4) is 0 Å². The number of oxazole rings is 1. The van der Waals surface area contributed by atoms with Crippen LogP contribution in [0.15, 0.2) is 4.42 Å². The van der Waals surface area contributed by atoms with Crippen LogP contribution in [0.5, 0.6) is 0 Å². The van der Waals surface area contributed by atoms with E-state index in [4.69, 9.17) is 15.3 Å². The van der Waals surface area contributed by atoms with Gasteiger partial charge in [-0.2, -0.15) is 0 Å². The lowest BCUT2D eigenvalue weighted by atomic mass is 10.4. The van der Waals surface area contributed by atoms with Crippen LogP contribution in [-0.4, -0.2) is 16.1 Å². The molecule has 0 bridgehead atoms. The van der Waals surface area contributed by atoms with Crippen LogP contribution in [0.25, 0.3) is 0 Å². The van der Waals surface area contributed by atoms with Crippen molar-refractivity contribution in [3.8, 4) is 0 Å². The van der Waals surface area contributed by atoms with E-state index >= 15 is 0 Å². The molecule has 0 aliphatic carbocycles. The summed E-state index contributed by atoms with van der Waals surface area (Å²) in [6.45, 7) is 3.25. The van der Waals surface area contributed by atoms with E-state index in [-0.39, 0.29) is 17.7 Å². The Balaban J connectivity index is 3.09. The third-order valence-electron chi connectivity index (χ3n) is 1.40. The predicted octanol–water partition coefficient (Wildman–Crippen LogP) is 0.701. The van der Waals surface area contributed by atoms with Gasteiger partial charge in [0.2, 0.25) is 11.7 Å². The summed E-state index contributed by atoms with van der Waals surface area (Å²) in [7, 11) is 0. The molecule has 0 saturated carbocycles. The molecule has 0 aromatic carbocycles. The van der Waals surface area contributed by atoms with Crippen LogP contribution in [0.2, 0.25) is 0 Å². The molecule has 0 radical (unpaired) electrons. The lowest BCUT2D eigenvalue weighted by Gasteiger charge is -1.94. The maximum atomic E-state index is 10.5. The number of hydrogen-bond donors (Lipinski definition) is 2. The maximum absolute atomic E-state index is 10.5. The largest absolute Gasteiger partial charge is 0.475 e. The van der Waals surface area contributed by atoms with Crippen LogP contribution in [-0.2, 0) is 0 Å². The van der Waals surface area contributed by atoms with Gasteiger partial charge >= 0.3 is 5.97 Å². The van der Waals surface area contributed by atoms with Crippen molar-refractivity contribution in [2.75, 3.05) is 0 Å². The van der Waals surface area contributed by atoms with Gasteiger partial charge in [0.1, 0.15) is 0 Å². The van der Waals surface area contributed by atoms with Crippen LogP contribution < -0.4 is 5.73 Å². The smallest absolute Gasteiger partial charge is 0.373 e. The van der Waals surface area contributed by atoms with Crippen LogP contribution in [0.4, 0.5) is 0 Å². The topological polar surface area (TPSA) is 89.4 Å². The second kappa shape index (κ2) is 2.94. The SMILES string of the molecule is Cc1nc([C@H](C)N)oc1C(=O)O. The minimum absolute atomic E-state index is 0.137. The van der Waals surface area contributed by atoms with Crippen molar-refractivity contribution in [2.45, 2.75) is 19.9 Å². The van der Waals surface area contributed by atoms with E-state index in [2.05, 4.69) is 4.98 Å². The first-order chi connectivity index (χ1) is 5.52. The Morgan fingerprint density at radius 2 is 2.33 bits per heavy atom. The third kappa shape index (κ3) is 1.45. The fourth-order valence-corrected chi connectivity index (χ4v) is 0.810. The first-order valence-corrected chi connectivity index (χ1v) is 3.48. The molecule has 0 aliphatic heterocycles. The highest BCUT2D eigenvalue weighted by Crippen LogP contribution is 2.14. The molecule has 0 unspecified atom stereocenters. The third-order valence-corrected chi connectivity index (χ3v) is 1.40. The minimum Gasteiger partial charge on any atom is -0.475 e. The molecular weight excluding hydrogens is 160 g/mol. The highest BCUT2D eigenvalue weighted by atomic mass is 16.4. The molecule has 1 heterocycles. The van der Waals surface area contributed by atoms with Gasteiger partial charge in [0, 0.05) is 0 Å². The van der Waals surface area contributed by atoms with E-state index < -0.39 is 5.97 Å². The summed E-state index contributed by atoms with van der Waals surface area (Å²) in [5.41, 5.74) is 5.80. The van der Waals surface area contributed by atoms with E-state index in [1.165, 1.54) is 0 Å². The average molecular weight is 170 g/mol. The molecule has 0 spiro atoms. The maximum Gasteiger partial charge on any atom is 0.373 e. The lowest BCUT2D eigenvalue weighted by Crippen LogP contribution is -2.04. The van der Waals surface area contributed by atoms with Crippen LogP contribution >= 0.6 is 0 Å². The Bertz CT molecular complexity index is 304. The summed E-state index contributed by atoms with van der Waals surface area (Å²) in [6, 6.07) is -0.378. The van der Waals surface area contributed by atoms with E-state index in [0.717, 1.165) is 0 Å². The molecule has 0 aliphatic rings. The molecule has 5 heteroatoms. The van der Waals surface area contributed by atoms with E-state index in [9.17, 15) is 4.79 Å². The fourth-order valence-electron chi connectivity index (χ4n) is 0.810. The van der Waals surface area contributed by atoms with Gasteiger partial charge in [-0.05, 0) is 13.8 Å². The van der Waals surface area contributed by atoms with E-state index in [1.54, 1.807) is 13.8 Å². The van der Waals surface area contributed by atoms with Gasteiger partial charge < -0.3 is 15.3 Å². The number of rotatable bonds is 2. The molecule has 1 aromatic rings. The summed E-state index contributed by atoms with van der Waals surface area (Å²) < 4.78 is 4.90. The second-order valence-electron chi connectivity index (χ2n) is 2.56. The van der Waals surface area contributed by atoms with Gasteiger partial charge in [0.15, 0.2) is 0 Å². The monoisotopic (exact) mass is 170 g/mol. The zero-order valence-electron chi connectivity index (χ0n) is 6.87. The molecule has 0 saturated heterocycles. The Morgan fingerprint density at radius 3 is 2.58 bits per heavy atom.